The van der Waals surface area contributed by atoms with Crippen LogP contribution in [0.3, 0.4) is 0 Å². The summed E-state index contributed by atoms with van der Waals surface area (Å²) in [4.78, 5) is 4.04. The van der Waals surface area contributed by atoms with E-state index in [1.807, 2.05) is 0 Å². The molecule has 0 saturated carbocycles. The van der Waals surface area contributed by atoms with Crippen molar-refractivity contribution < 1.29 is 9.94 Å². The molecule has 3 N–H and O–H groups in total. The lowest BCUT2D eigenvalue weighted by Gasteiger charge is -2.06. The molecule has 7 nitrogen and oxygen atoms in total. The van der Waals surface area contributed by atoms with Crippen LogP contribution in [0, 0.1) is 0 Å². The van der Waals surface area contributed by atoms with E-state index in [4.69, 9.17) is 15.7 Å². The Labute approximate surface area is 104 Å². The van der Waals surface area contributed by atoms with Crippen molar-refractivity contribution in [3.63, 3.8) is 0 Å². The first kappa shape index (κ1) is 11.9. The third-order valence-corrected chi connectivity index (χ3v) is 2.41. The maximum atomic E-state index is 8.60. The molecule has 0 bridgehead atoms. The molecular formula is C11H13N5O2. The molecule has 1 heterocycles. The van der Waals surface area contributed by atoms with Crippen molar-refractivity contribution in [3.05, 3.63) is 42.0 Å². The lowest BCUT2D eigenvalue weighted by Crippen LogP contribution is -2.13. The van der Waals surface area contributed by atoms with Crippen LogP contribution in [0.2, 0.25) is 0 Å². The van der Waals surface area contributed by atoms with Crippen LogP contribution in [0.25, 0.3) is 0 Å². The average Bonchev–Trinajstić information content (AvgIpc) is 2.81. The molecule has 0 radical (unpaired) electrons. The molecule has 0 spiro atoms. The van der Waals surface area contributed by atoms with E-state index in [-0.39, 0.29) is 5.84 Å². The van der Waals surface area contributed by atoms with Crippen LogP contribution in [0.5, 0.6) is 5.75 Å². The van der Waals surface area contributed by atoms with E-state index in [0.717, 1.165) is 0 Å². The van der Waals surface area contributed by atoms with Crippen LogP contribution in [0.4, 0.5) is 0 Å². The highest BCUT2D eigenvalue weighted by atomic mass is 16.5. The minimum atomic E-state index is 0.0408. The Hall–Kier alpha value is -2.57. The van der Waals surface area contributed by atoms with Crippen LogP contribution in [0.15, 0.2) is 35.7 Å². The number of nitrogens with two attached hydrogens (primary N) is 1. The van der Waals surface area contributed by atoms with E-state index in [2.05, 4.69) is 15.2 Å². The fourth-order valence-corrected chi connectivity index (χ4v) is 1.40. The van der Waals surface area contributed by atoms with Crippen molar-refractivity contribution in [2.24, 2.45) is 17.9 Å². The van der Waals surface area contributed by atoms with Gasteiger partial charge in [-0.3, -0.25) is 4.68 Å². The number of hydrogen-bond acceptors (Lipinski definition) is 5. The van der Waals surface area contributed by atoms with Gasteiger partial charge in [0.05, 0.1) is 0 Å². The SMILES string of the molecule is Cn1ncnc1COc1cccc(C(N)=NO)c1. The van der Waals surface area contributed by atoms with Crippen molar-refractivity contribution in [1.82, 2.24) is 14.8 Å². The van der Waals surface area contributed by atoms with Crippen LogP contribution in [-0.4, -0.2) is 25.8 Å². The van der Waals surface area contributed by atoms with Crippen LogP contribution >= 0.6 is 0 Å². The van der Waals surface area contributed by atoms with Gasteiger partial charge in [0.2, 0.25) is 0 Å². The molecule has 0 aliphatic heterocycles. The third kappa shape index (κ3) is 2.57. The van der Waals surface area contributed by atoms with Crippen LogP contribution < -0.4 is 10.5 Å². The summed E-state index contributed by atoms with van der Waals surface area (Å²) in [5, 5.41) is 15.5. The fraction of sp³-hybridized carbons (Fsp3) is 0.182. The number of amidine groups is 1. The maximum Gasteiger partial charge on any atom is 0.170 e. The summed E-state index contributed by atoms with van der Waals surface area (Å²) in [5.41, 5.74) is 6.09. The van der Waals surface area contributed by atoms with Crippen molar-refractivity contribution in [2.45, 2.75) is 6.61 Å². The molecule has 1 aromatic carbocycles. The molecule has 0 aliphatic carbocycles. The van der Waals surface area contributed by atoms with E-state index in [0.29, 0.717) is 23.7 Å². The second-order valence-electron chi connectivity index (χ2n) is 3.60. The lowest BCUT2D eigenvalue weighted by molar-refractivity contribution is 0.289. The minimum absolute atomic E-state index is 0.0408. The Bertz CT molecular complexity index is 564. The first-order valence-corrected chi connectivity index (χ1v) is 5.24. The number of aryl methyl sites for hydroxylation is 1. The Kier molecular flexibility index (Phi) is 3.42. The summed E-state index contributed by atoms with van der Waals surface area (Å²) in [5.74, 6) is 1.37. The van der Waals surface area contributed by atoms with Gasteiger partial charge in [-0.2, -0.15) is 5.10 Å². The summed E-state index contributed by atoms with van der Waals surface area (Å²) in [7, 11) is 1.79. The number of aromatic nitrogens is 3. The Morgan fingerprint density at radius 3 is 3.06 bits per heavy atom. The van der Waals surface area contributed by atoms with Crippen LogP contribution in [-0.2, 0) is 13.7 Å². The Morgan fingerprint density at radius 2 is 2.39 bits per heavy atom. The summed E-state index contributed by atoms with van der Waals surface area (Å²) in [6.45, 7) is 0.302. The molecule has 0 amide bonds. The highest BCUT2D eigenvalue weighted by molar-refractivity contribution is 5.97. The molecule has 0 saturated heterocycles. The Morgan fingerprint density at radius 1 is 1.56 bits per heavy atom. The minimum Gasteiger partial charge on any atom is -0.486 e. The maximum absolute atomic E-state index is 8.60. The van der Waals surface area contributed by atoms with Gasteiger partial charge in [0.25, 0.3) is 0 Å². The average molecular weight is 247 g/mol. The van der Waals surface area contributed by atoms with Gasteiger partial charge in [0, 0.05) is 12.6 Å². The summed E-state index contributed by atoms with van der Waals surface area (Å²) in [6, 6.07) is 6.96. The van der Waals surface area contributed by atoms with Crippen molar-refractivity contribution in [2.75, 3.05) is 0 Å². The van der Waals surface area contributed by atoms with Crippen molar-refractivity contribution in [3.8, 4) is 5.75 Å². The third-order valence-electron chi connectivity index (χ3n) is 2.41. The largest absolute Gasteiger partial charge is 0.486 e. The van der Waals surface area contributed by atoms with Crippen LogP contribution in [0.1, 0.15) is 11.4 Å². The first-order valence-electron chi connectivity index (χ1n) is 5.24. The van der Waals surface area contributed by atoms with E-state index in [1.165, 1.54) is 6.33 Å². The second kappa shape index (κ2) is 5.17. The van der Waals surface area contributed by atoms with Gasteiger partial charge in [0.15, 0.2) is 11.7 Å². The molecule has 1 aromatic heterocycles. The standard InChI is InChI=1S/C11H13N5O2/c1-16-10(13-7-14-16)6-18-9-4-2-3-8(5-9)11(12)15-17/h2-5,7,17H,6H2,1H3,(H2,12,15). The topological polar surface area (TPSA) is 98.5 Å². The van der Waals surface area contributed by atoms with Crippen molar-refractivity contribution in [1.29, 1.82) is 0 Å². The van der Waals surface area contributed by atoms with E-state index >= 15 is 0 Å². The second-order valence-corrected chi connectivity index (χ2v) is 3.60. The summed E-state index contributed by atoms with van der Waals surface area (Å²) >= 11 is 0. The molecular weight excluding hydrogens is 234 g/mol. The normalized spacial score (nSPS) is 11.5. The molecule has 0 aliphatic rings. The fourth-order valence-electron chi connectivity index (χ4n) is 1.40. The van der Waals surface area contributed by atoms with Gasteiger partial charge in [0.1, 0.15) is 18.7 Å². The molecule has 2 rings (SSSR count). The van der Waals surface area contributed by atoms with E-state index in [9.17, 15) is 0 Å². The predicted molar refractivity (Wildman–Crippen MR) is 64.3 cm³/mol. The van der Waals surface area contributed by atoms with Gasteiger partial charge < -0.3 is 15.7 Å². The number of hydrogen-bond donors (Lipinski definition) is 2. The highest BCUT2D eigenvalue weighted by Crippen LogP contribution is 2.14. The molecule has 7 heteroatoms. The summed E-state index contributed by atoms with van der Waals surface area (Å²) in [6.07, 6.45) is 1.46. The summed E-state index contributed by atoms with van der Waals surface area (Å²) < 4.78 is 7.18. The zero-order valence-electron chi connectivity index (χ0n) is 9.82. The zero-order chi connectivity index (χ0) is 13.0. The van der Waals surface area contributed by atoms with E-state index < -0.39 is 0 Å². The number of rotatable bonds is 4. The number of nitrogens with zero attached hydrogens (tertiary/aromatic N) is 4. The number of benzene rings is 1. The zero-order valence-corrected chi connectivity index (χ0v) is 9.82. The van der Waals surface area contributed by atoms with Crippen molar-refractivity contribution >= 4 is 5.84 Å². The lowest BCUT2D eigenvalue weighted by atomic mass is 10.2. The molecule has 2 aromatic rings. The molecule has 0 unspecified atom stereocenters. The highest BCUT2D eigenvalue weighted by Gasteiger charge is 2.04. The van der Waals surface area contributed by atoms with Gasteiger partial charge in [-0.15, -0.1) is 0 Å². The predicted octanol–water partition coefficient (Wildman–Crippen LogP) is 0.489. The van der Waals surface area contributed by atoms with Gasteiger partial charge in [-0.25, -0.2) is 4.98 Å². The quantitative estimate of drug-likeness (QED) is 0.354. The van der Waals surface area contributed by atoms with Gasteiger partial charge in [-0.1, -0.05) is 17.3 Å². The number of ether oxygens (including phenoxy) is 1. The monoisotopic (exact) mass is 247 g/mol. The molecule has 0 atom stereocenters. The number of oxime groups is 1. The molecule has 94 valence electrons. The first-order chi connectivity index (χ1) is 8.70. The molecule has 0 fully saturated rings. The van der Waals surface area contributed by atoms with E-state index in [1.54, 1.807) is 36.0 Å². The molecule has 18 heavy (non-hydrogen) atoms. The van der Waals surface area contributed by atoms with Gasteiger partial charge >= 0.3 is 0 Å². The Balaban J connectivity index is 2.08. The van der Waals surface area contributed by atoms with Gasteiger partial charge in [-0.05, 0) is 12.1 Å². The smallest absolute Gasteiger partial charge is 0.170 e.